The smallest absolute Gasteiger partial charge is 0.223 e. The van der Waals surface area contributed by atoms with E-state index < -0.39 is 0 Å². The summed E-state index contributed by atoms with van der Waals surface area (Å²) in [5.41, 5.74) is 2.41. The SMILES string of the molecule is C[C@H]1SCCN(C(=O)CCc2ccncc2)[C@H]1c1ccccc1. The van der Waals surface area contributed by atoms with E-state index in [0.29, 0.717) is 11.7 Å². The van der Waals surface area contributed by atoms with Crippen LogP contribution in [0.3, 0.4) is 0 Å². The quantitative estimate of drug-likeness (QED) is 0.858. The van der Waals surface area contributed by atoms with E-state index in [9.17, 15) is 4.79 Å². The summed E-state index contributed by atoms with van der Waals surface area (Å²) < 4.78 is 0. The molecule has 2 heterocycles. The Morgan fingerprint density at radius 1 is 1.22 bits per heavy atom. The lowest BCUT2D eigenvalue weighted by atomic mass is 10.0. The normalized spacial score (nSPS) is 21.2. The second-order valence-corrected chi connectivity index (χ2v) is 7.36. The Kier molecular flexibility index (Phi) is 5.34. The topological polar surface area (TPSA) is 33.2 Å². The van der Waals surface area contributed by atoms with Gasteiger partial charge in [-0.05, 0) is 29.7 Å². The maximum absolute atomic E-state index is 12.8. The molecule has 0 aliphatic carbocycles. The maximum atomic E-state index is 12.8. The molecule has 0 unspecified atom stereocenters. The Morgan fingerprint density at radius 2 is 1.96 bits per heavy atom. The Bertz CT molecular complexity index is 632. The summed E-state index contributed by atoms with van der Waals surface area (Å²) in [6.45, 7) is 3.06. The number of aryl methyl sites for hydroxylation is 1. The molecule has 0 saturated carbocycles. The van der Waals surface area contributed by atoms with Gasteiger partial charge in [-0.15, -0.1) is 0 Å². The number of nitrogens with zero attached hydrogens (tertiary/aromatic N) is 2. The summed E-state index contributed by atoms with van der Waals surface area (Å²) in [5, 5.41) is 0.427. The van der Waals surface area contributed by atoms with Gasteiger partial charge in [-0.2, -0.15) is 11.8 Å². The first-order chi connectivity index (χ1) is 11.3. The van der Waals surface area contributed by atoms with E-state index >= 15 is 0 Å². The first-order valence-corrected chi connectivity index (χ1v) is 9.15. The van der Waals surface area contributed by atoms with Gasteiger partial charge in [-0.25, -0.2) is 0 Å². The van der Waals surface area contributed by atoms with Crippen LogP contribution in [0.2, 0.25) is 0 Å². The molecule has 0 radical (unpaired) electrons. The number of rotatable bonds is 4. The van der Waals surface area contributed by atoms with E-state index in [1.165, 1.54) is 11.1 Å². The summed E-state index contributed by atoms with van der Waals surface area (Å²) in [5.74, 6) is 1.27. The molecule has 1 aromatic carbocycles. The van der Waals surface area contributed by atoms with E-state index in [0.717, 1.165) is 18.7 Å². The van der Waals surface area contributed by atoms with Crippen LogP contribution in [-0.4, -0.2) is 33.3 Å². The van der Waals surface area contributed by atoms with Crippen LogP contribution in [0.1, 0.15) is 30.5 Å². The van der Waals surface area contributed by atoms with E-state index in [-0.39, 0.29) is 11.9 Å². The van der Waals surface area contributed by atoms with Crippen molar-refractivity contribution in [2.75, 3.05) is 12.3 Å². The summed E-state index contributed by atoms with van der Waals surface area (Å²) in [6, 6.07) is 14.6. The summed E-state index contributed by atoms with van der Waals surface area (Å²) in [7, 11) is 0. The van der Waals surface area contributed by atoms with Crippen LogP contribution in [0, 0.1) is 0 Å². The van der Waals surface area contributed by atoms with Crippen LogP contribution in [0.5, 0.6) is 0 Å². The minimum absolute atomic E-state index is 0.180. The lowest BCUT2D eigenvalue weighted by Crippen LogP contribution is -2.44. The number of pyridine rings is 1. The molecule has 120 valence electrons. The standard InChI is InChI=1S/C19H22N2OS/c1-15-19(17-5-3-2-4-6-17)21(13-14-23-15)18(22)8-7-16-9-11-20-12-10-16/h2-6,9-12,15,19H,7-8,13-14H2,1H3/t15-,19-/m1/s1. The van der Waals surface area contributed by atoms with Gasteiger partial charge >= 0.3 is 0 Å². The number of aromatic nitrogens is 1. The van der Waals surface area contributed by atoms with Crippen molar-refractivity contribution in [2.24, 2.45) is 0 Å². The van der Waals surface area contributed by atoms with E-state index in [1.807, 2.05) is 30.0 Å². The second kappa shape index (κ2) is 7.64. The third kappa shape index (κ3) is 3.94. The first-order valence-electron chi connectivity index (χ1n) is 8.10. The zero-order valence-electron chi connectivity index (χ0n) is 13.4. The van der Waals surface area contributed by atoms with Gasteiger partial charge in [-0.1, -0.05) is 37.3 Å². The minimum Gasteiger partial charge on any atom is -0.334 e. The monoisotopic (exact) mass is 326 g/mol. The number of carbonyl (C=O) groups excluding carboxylic acids is 1. The number of amides is 1. The van der Waals surface area contributed by atoms with Crippen molar-refractivity contribution in [1.82, 2.24) is 9.88 Å². The van der Waals surface area contributed by atoms with Gasteiger partial charge in [0.05, 0.1) is 6.04 Å². The zero-order chi connectivity index (χ0) is 16.1. The highest BCUT2D eigenvalue weighted by Gasteiger charge is 2.33. The number of carbonyl (C=O) groups is 1. The molecular formula is C19H22N2OS. The van der Waals surface area contributed by atoms with Gasteiger partial charge in [0.15, 0.2) is 0 Å². The largest absolute Gasteiger partial charge is 0.334 e. The molecule has 0 spiro atoms. The van der Waals surface area contributed by atoms with Crippen molar-refractivity contribution in [3.63, 3.8) is 0 Å². The van der Waals surface area contributed by atoms with E-state index in [4.69, 9.17) is 0 Å². The number of hydrogen-bond acceptors (Lipinski definition) is 3. The number of thioether (sulfide) groups is 1. The summed E-state index contributed by atoms with van der Waals surface area (Å²) >= 11 is 1.95. The lowest BCUT2D eigenvalue weighted by molar-refractivity contribution is -0.133. The Balaban J connectivity index is 1.72. The van der Waals surface area contributed by atoms with Gasteiger partial charge in [0.25, 0.3) is 0 Å². The Hall–Kier alpha value is -1.81. The Labute approximate surface area is 142 Å². The molecule has 1 fully saturated rings. The highest BCUT2D eigenvalue weighted by atomic mass is 32.2. The molecular weight excluding hydrogens is 304 g/mol. The molecule has 4 heteroatoms. The van der Waals surface area contributed by atoms with Gasteiger partial charge in [0, 0.05) is 36.4 Å². The molecule has 1 amide bonds. The molecule has 0 bridgehead atoms. The predicted molar refractivity (Wildman–Crippen MR) is 95.4 cm³/mol. The zero-order valence-corrected chi connectivity index (χ0v) is 14.2. The van der Waals surface area contributed by atoms with Crippen LogP contribution in [0.25, 0.3) is 0 Å². The van der Waals surface area contributed by atoms with Gasteiger partial charge < -0.3 is 4.90 Å². The average Bonchev–Trinajstić information content (AvgIpc) is 2.61. The molecule has 23 heavy (non-hydrogen) atoms. The molecule has 1 aliphatic rings. The van der Waals surface area contributed by atoms with Gasteiger partial charge in [0.1, 0.15) is 0 Å². The van der Waals surface area contributed by atoms with Crippen LogP contribution < -0.4 is 0 Å². The molecule has 3 rings (SSSR count). The highest BCUT2D eigenvalue weighted by molar-refractivity contribution is 8.00. The van der Waals surface area contributed by atoms with Crippen molar-refractivity contribution in [3.05, 3.63) is 66.0 Å². The second-order valence-electron chi connectivity index (χ2n) is 5.87. The van der Waals surface area contributed by atoms with E-state index in [2.05, 4.69) is 41.1 Å². The molecule has 1 saturated heterocycles. The third-order valence-electron chi connectivity index (χ3n) is 4.33. The maximum Gasteiger partial charge on any atom is 0.223 e. The fraction of sp³-hybridized carbons (Fsp3) is 0.368. The van der Waals surface area contributed by atoms with E-state index in [1.54, 1.807) is 12.4 Å². The van der Waals surface area contributed by atoms with Crippen molar-refractivity contribution >= 4 is 17.7 Å². The van der Waals surface area contributed by atoms with Crippen molar-refractivity contribution in [3.8, 4) is 0 Å². The third-order valence-corrected chi connectivity index (χ3v) is 5.53. The molecule has 2 atom stereocenters. The molecule has 1 aliphatic heterocycles. The van der Waals surface area contributed by atoms with Crippen molar-refractivity contribution in [2.45, 2.75) is 31.1 Å². The molecule has 2 aromatic rings. The lowest BCUT2D eigenvalue weighted by Gasteiger charge is -2.40. The van der Waals surface area contributed by atoms with Crippen LogP contribution >= 0.6 is 11.8 Å². The Morgan fingerprint density at radius 3 is 2.70 bits per heavy atom. The number of benzene rings is 1. The van der Waals surface area contributed by atoms with Crippen molar-refractivity contribution in [1.29, 1.82) is 0 Å². The summed E-state index contributed by atoms with van der Waals surface area (Å²) in [4.78, 5) is 18.9. The first kappa shape index (κ1) is 16.1. The van der Waals surface area contributed by atoms with Crippen LogP contribution in [0.4, 0.5) is 0 Å². The average molecular weight is 326 g/mol. The highest BCUT2D eigenvalue weighted by Crippen LogP contribution is 2.36. The number of hydrogen-bond donors (Lipinski definition) is 0. The van der Waals surface area contributed by atoms with Crippen LogP contribution in [-0.2, 0) is 11.2 Å². The molecule has 0 N–H and O–H groups in total. The fourth-order valence-corrected chi connectivity index (χ4v) is 4.31. The molecule has 1 aromatic heterocycles. The fourth-order valence-electron chi connectivity index (χ4n) is 3.15. The van der Waals surface area contributed by atoms with Gasteiger partial charge in [-0.3, -0.25) is 9.78 Å². The predicted octanol–water partition coefficient (Wildman–Crippen LogP) is 3.72. The van der Waals surface area contributed by atoms with Crippen molar-refractivity contribution < 1.29 is 4.79 Å². The van der Waals surface area contributed by atoms with Gasteiger partial charge in [0.2, 0.25) is 5.91 Å². The molecule has 3 nitrogen and oxygen atoms in total. The minimum atomic E-state index is 0.180. The summed E-state index contributed by atoms with van der Waals surface area (Å²) in [6.07, 6.45) is 4.91. The van der Waals surface area contributed by atoms with Crippen LogP contribution in [0.15, 0.2) is 54.9 Å².